The van der Waals surface area contributed by atoms with E-state index in [9.17, 15) is 19.2 Å². The smallest absolute Gasteiger partial charge is 0.407 e. The second-order valence-electron chi connectivity index (χ2n) is 9.54. The lowest BCUT2D eigenvalue weighted by Crippen LogP contribution is -2.44. The first-order valence-corrected chi connectivity index (χ1v) is 12.5. The van der Waals surface area contributed by atoms with E-state index in [1.54, 1.807) is 32.4 Å². The number of aromatic nitrogens is 5. The normalized spacial score (nSPS) is 12.1. The predicted octanol–water partition coefficient (Wildman–Crippen LogP) is 1.85. The van der Waals surface area contributed by atoms with Gasteiger partial charge in [0.15, 0.2) is 5.65 Å². The number of hydrogen-bond donors (Lipinski definition) is 3. The van der Waals surface area contributed by atoms with Gasteiger partial charge in [0, 0.05) is 20.3 Å². The number of carbonyl (C=O) groups is 3. The molecule has 1 atom stereocenters. The molecule has 0 saturated heterocycles. The molecule has 0 bridgehead atoms. The molecule has 0 fully saturated rings. The van der Waals surface area contributed by atoms with E-state index in [1.165, 1.54) is 35.0 Å². The van der Waals surface area contributed by atoms with Gasteiger partial charge in [-0.15, -0.1) is 0 Å². The minimum absolute atomic E-state index is 0.0360. The molecule has 0 aliphatic heterocycles. The van der Waals surface area contributed by atoms with Crippen LogP contribution in [-0.4, -0.2) is 74.6 Å². The first-order chi connectivity index (χ1) is 18.6. The Balaban J connectivity index is 1.75. The fraction of sp³-hybridized carbons (Fsp3) is 0.423. The van der Waals surface area contributed by atoms with Crippen LogP contribution in [0.5, 0.6) is 0 Å². The highest BCUT2D eigenvalue weighted by molar-refractivity contribution is 5.96. The van der Waals surface area contributed by atoms with Gasteiger partial charge in [-0.05, 0) is 43.4 Å². The number of ether oxygens (including phenoxy) is 1. The molecule has 3 aromatic rings. The van der Waals surface area contributed by atoms with E-state index in [4.69, 9.17) is 0 Å². The number of hydrogen-bond acceptors (Lipinski definition) is 8. The predicted molar refractivity (Wildman–Crippen MR) is 145 cm³/mol. The zero-order chi connectivity index (χ0) is 28.5. The third-order valence-corrected chi connectivity index (χ3v) is 5.72. The van der Waals surface area contributed by atoms with Crippen LogP contribution in [0.4, 0.5) is 10.5 Å². The number of carbonyl (C=O) groups excluding carboxylic acids is 3. The number of H-pyrrole nitrogens is 1. The number of allylic oxidation sites excluding steroid dienone is 1. The number of fused-ring (bicyclic) bond motifs is 1. The SMILES string of the molecule is COC(=O)NC(CCC=CC(=O)N(C)C)C(=O)Nc1cccn(Cc2nc3c(CC(C)C)ncnc3[nH]2)c1=O. The molecule has 13 nitrogen and oxygen atoms in total. The van der Waals surface area contributed by atoms with Crippen molar-refractivity contribution in [3.63, 3.8) is 0 Å². The summed E-state index contributed by atoms with van der Waals surface area (Å²) in [6, 6.07) is 2.10. The number of rotatable bonds is 11. The number of amides is 3. The summed E-state index contributed by atoms with van der Waals surface area (Å²) in [6.45, 7) is 4.30. The van der Waals surface area contributed by atoms with Crippen molar-refractivity contribution in [2.45, 2.75) is 45.7 Å². The zero-order valence-corrected chi connectivity index (χ0v) is 22.7. The van der Waals surface area contributed by atoms with Crippen LogP contribution in [-0.2, 0) is 27.3 Å². The van der Waals surface area contributed by atoms with Gasteiger partial charge in [-0.1, -0.05) is 19.9 Å². The van der Waals surface area contributed by atoms with Gasteiger partial charge in [0.2, 0.25) is 11.8 Å². The highest BCUT2D eigenvalue weighted by atomic mass is 16.5. The molecule has 3 heterocycles. The van der Waals surface area contributed by atoms with Gasteiger partial charge in [0.25, 0.3) is 5.56 Å². The number of nitrogens with zero attached hydrogens (tertiary/aromatic N) is 5. The molecule has 3 N–H and O–H groups in total. The minimum atomic E-state index is -1.00. The maximum Gasteiger partial charge on any atom is 0.407 e. The topological polar surface area (TPSA) is 164 Å². The van der Waals surface area contributed by atoms with E-state index in [2.05, 4.69) is 49.2 Å². The Hall–Kier alpha value is -4.55. The lowest BCUT2D eigenvalue weighted by molar-refractivity contribution is -0.123. The number of pyridine rings is 1. The van der Waals surface area contributed by atoms with Crippen molar-refractivity contribution in [3.05, 3.63) is 58.7 Å². The second kappa shape index (κ2) is 13.3. The summed E-state index contributed by atoms with van der Waals surface area (Å²) in [4.78, 5) is 67.4. The Bertz CT molecular complexity index is 1410. The molecule has 0 aromatic carbocycles. The molecule has 0 spiro atoms. The van der Waals surface area contributed by atoms with Crippen molar-refractivity contribution in [1.29, 1.82) is 0 Å². The summed E-state index contributed by atoms with van der Waals surface area (Å²) in [5, 5.41) is 5.06. The monoisotopic (exact) mass is 538 g/mol. The maximum atomic E-state index is 13.1. The molecular formula is C26H34N8O5. The molecule has 3 rings (SSSR count). The van der Waals surface area contributed by atoms with Crippen LogP contribution >= 0.6 is 0 Å². The fourth-order valence-electron chi connectivity index (χ4n) is 3.74. The van der Waals surface area contributed by atoms with E-state index < -0.39 is 23.6 Å². The van der Waals surface area contributed by atoms with Crippen molar-refractivity contribution >= 4 is 34.8 Å². The molecule has 1 unspecified atom stereocenters. The first-order valence-electron chi connectivity index (χ1n) is 12.5. The second-order valence-corrected chi connectivity index (χ2v) is 9.54. The molecule has 0 aliphatic carbocycles. The number of nitrogens with one attached hydrogen (secondary N) is 3. The van der Waals surface area contributed by atoms with E-state index in [-0.39, 0.29) is 24.6 Å². The third-order valence-electron chi connectivity index (χ3n) is 5.72. The number of aromatic amines is 1. The number of alkyl carbamates (subject to hydrolysis) is 1. The van der Waals surface area contributed by atoms with Gasteiger partial charge in [0.1, 0.15) is 29.4 Å². The van der Waals surface area contributed by atoms with Crippen molar-refractivity contribution < 1.29 is 19.1 Å². The molecule has 39 heavy (non-hydrogen) atoms. The van der Waals surface area contributed by atoms with Gasteiger partial charge >= 0.3 is 6.09 Å². The van der Waals surface area contributed by atoms with E-state index in [0.29, 0.717) is 29.3 Å². The van der Waals surface area contributed by atoms with Crippen LogP contribution in [0.15, 0.2) is 41.6 Å². The van der Waals surface area contributed by atoms with Crippen LogP contribution in [0.3, 0.4) is 0 Å². The molecule has 3 aromatic heterocycles. The molecule has 0 radical (unpaired) electrons. The highest BCUT2D eigenvalue weighted by Crippen LogP contribution is 2.16. The van der Waals surface area contributed by atoms with Gasteiger partial charge in [-0.3, -0.25) is 14.4 Å². The largest absolute Gasteiger partial charge is 0.453 e. The van der Waals surface area contributed by atoms with Crippen molar-refractivity contribution in [2.24, 2.45) is 5.92 Å². The molecule has 0 aliphatic rings. The summed E-state index contributed by atoms with van der Waals surface area (Å²) in [6.07, 6.45) is 6.53. The molecule has 3 amide bonds. The maximum absolute atomic E-state index is 13.1. The summed E-state index contributed by atoms with van der Waals surface area (Å²) < 4.78 is 6.03. The van der Waals surface area contributed by atoms with Crippen LogP contribution in [0.25, 0.3) is 11.2 Å². The average molecular weight is 539 g/mol. The van der Waals surface area contributed by atoms with E-state index in [1.807, 2.05) is 0 Å². The summed E-state index contributed by atoms with van der Waals surface area (Å²) in [5.41, 5.74) is 1.67. The number of imidazole rings is 1. The van der Waals surface area contributed by atoms with Crippen molar-refractivity contribution in [2.75, 3.05) is 26.5 Å². The van der Waals surface area contributed by atoms with Gasteiger partial charge in [0.05, 0.1) is 19.3 Å². The van der Waals surface area contributed by atoms with Crippen LogP contribution in [0, 0.1) is 5.92 Å². The Morgan fingerprint density at radius 1 is 1.23 bits per heavy atom. The molecular weight excluding hydrogens is 504 g/mol. The fourth-order valence-corrected chi connectivity index (χ4v) is 3.74. The van der Waals surface area contributed by atoms with Crippen molar-refractivity contribution in [3.8, 4) is 0 Å². The molecule has 208 valence electrons. The van der Waals surface area contributed by atoms with Gasteiger partial charge in [-0.2, -0.15) is 0 Å². The lowest BCUT2D eigenvalue weighted by atomic mass is 10.1. The Morgan fingerprint density at radius 3 is 2.69 bits per heavy atom. The number of methoxy groups -OCH3 is 1. The van der Waals surface area contributed by atoms with Gasteiger partial charge in [-0.25, -0.2) is 19.7 Å². The molecule has 0 saturated carbocycles. The highest BCUT2D eigenvalue weighted by Gasteiger charge is 2.22. The lowest BCUT2D eigenvalue weighted by Gasteiger charge is -2.17. The zero-order valence-electron chi connectivity index (χ0n) is 22.7. The van der Waals surface area contributed by atoms with E-state index in [0.717, 1.165) is 12.1 Å². The Kier molecular flexibility index (Phi) is 9.90. The Labute approximate surface area is 225 Å². The van der Waals surface area contributed by atoms with E-state index >= 15 is 0 Å². The quantitative estimate of drug-likeness (QED) is 0.311. The molecule has 13 heteroatoms. The summed E-state index contributed by atoms with van der Waals surface area (Å²) in [5.74, 6) is 0.111. The first kappa shape index (κ1) is 29.0. The number of likely N-dealkylation sites (N-methyl/N-ethyl adjacent to an activating group) is 1. The van der Waals surface area contributed by atoms with Gasteiger partial charge < -0.3 is 29.8 Å². The van der Waals surface area contributed by atoms with Crippen LogP contribution in [0.1, 0.15) is 38.2 Å². The van der Waals surface area contributed by atoms with Crippen LogP contribution < -0.4 is 16.2 Å². The van der Waals surface area contributed by atoms with Crippen LogP contribution in [0.2, 0.25) is 0 Å². The minimum Gasteiger partial charge on any atom is -0.453 e. The Morgan fingerprint density at radius 2 is 2.00 bits per heavy atom. The third kappa shape index (κ3) is 7.97. The summed E-state index contributed by atoms with van der Waals surface area (Å²) >= 11 is 0. The summed E-state index contributed by atoms with van der Waals surface area (Å²) in [7, 11) is 4.44. The average Bonchev–Trinajstić information content (AvgIpc) is 3.31. The number of anilines is 1. The standard InChI is InChI=1S/C26H34N8O5/c1-16(2)13-19-22-23(28-15-27-19)32-20(31-22)14-34-12-8-10-18(25(34)37)29-24(36)17(30-26(38)39-5)9-6-7-11-21(35)33(3)4/h7-8,10-12,15-17H,6,9,13-14H2,1-5H3,(H,29,36)(H,30,38)(H,27,28,31,32). The van der Waals surface area contributed by atoms with Crippen molar-refractivity contribution in [1.82, 2.24) is 34.7 Å².